The molecule has 1 unspecified atom stereocenters. The Bertz CT molecular complexity index is 1530. The Labute approximate surface area is 285 Å². The highest BCUT2D eigenvalue weighted by Crippen LogP contribution is 2.36. The number of carbonyl (C=O) groups excluding carboxylic acids is 2. The molecule has 0 aliphatic carbocycles. The van der Waals surface area contributed by atoms with Crippen molar-refractivity contribution in [2.45, 2.75) is 50.7 Å². The van der Waals surface area contributed by atoms with Crippen molar-refractivity contribution in [1.82, 2.24) is 20.0 Å². The number of likely N-dealkylation sites (tertiary alicyclic amines) is 1. The molecule has 3 aromatic carbocycles. The van der Waals surface area contributed by atoms with Crippen LogP contribution >= 0.6 is 23.2 Å². The molecule has 0 radical (unpaired) electrons. The standard InChI is InChI=1S/C34H36Cl2F6N4O2/c1-3-46(31(47)21-44(2)27-11-13-45(14-12-27)20-22-7-5-4-6-8-22)30(23-9-10-28(35)29(36)17-23)19-43-32(48)24-15-25(33(37,38)39)18-26(16-24)34(40,41)42/h4-10,15-18,27,30H,3,11-14,19-21H2,1-2H3,(H,43,48). The van der Waals surface area contributed by atoms with Gasteiger partial charge in [0.15, 0.2) is 0 Å². The lowest BCUT2D eigenvalue weighted by Gasteiger charge is -2.38. The van der Waals surface area contributed by atoms with Gasteiger partial charge in [-0.05, 0) is 81.4 Å². The van der Waals surface area contributed by atoms with Crippen molar-refractivity contribution in [3.8, 4) is 0 Å². The molecule has 3 aromatic rings. The second-order valence-corrected chi connectivity index (χ2v) is 12.6. The summed E-state index contributed by atoms with van der Waals surface area (Å²) in [5, 5.41) is 2.84. The quantitative estimate of drug-likeness (QED) is 0.205. The molecule has 1 saturated heterocycles. The van der Waals surface area contributed by atoms with Gasteiger partial charge in [0.1, 0.15) is 0 Å². The zero-order chi connectivity index (χ0) is 35.2. The van der Waals surface area contributed by atoms with Crippen molar-refractivity contribution in [3.05, 3.63) is 105 Å². The van der Waals surface area contributed by atoms with Crippen LogP contribution < -0.4 is 5.32 Å². The van der Waals surface area contributed by atoms with Gasteiger partial charge < -0.3 is 10.2 Å². The van der Waals surface area contributed by atoms with Crippen molar-refractivity contribution >= 4 is 35.0 Å². The number of carbonyl (C=O) groups is 2. The number of alkyl halides is 6. The number of amides is 2. The first kappa shape index (κ1) is 37.5. The maximum atomic E-state index is 13.8. The molecule has 0 aromatic heterocycles. The summed E-state index contributed by atoms with van der Waals surface area (Å²) in [4.78, 5) is 32.7. The molecule has 2 amide bonds. The molecule has 1 fully saturated rings. The van der Waals surface area contributed by atoms with Gasteiger partial charge in [0.25, 0.3) is 5.91 Å². The highest BCUT2D eigenvalue weighted by molar-refractivity contribution is 6.42. The Morgan fingerprint density at radius 3 is 2.04 bits per heavy atom. The second-order valence-electron chi connectivity index (χ2n) is 11.8. The van der Waals surface area contributed by atoms with Crippen LogP contribution in [0.4, 0.5) is 26.3 Å². The maximum absolute atomic E-state index is 13.8. The summed E-state index contributed by atoms with van der Waals surface area (Å²) in [5.41, 5.74) is -2.34. The maximum Gasteiger partial charge on any atom is 0.416 e. The van der Waals surface area contributed by atoms with Crippen LogP contribution in [-0.4, -0.2) is 72.3 Å². The molecule has 260 valence electrons. The SMILES string of the molecule is CCN(C(=O)CN(C)C1CCN(Cc2ccccc2)CC1)C(CNC(=O)c1cc(C(F)(F)F)cc(C(F)(F)F)c1)c1ccc(Cl)c(Cl)c1. The lowest BCUT2D eigenvalue weighted by molar-refractivity contribution is -0.143. The number of rotatable bonds is 11. The molecular weight excluding hydrogens is 681 g/mol. The fourth-order valence-corrected chi connectivity index (χ4v) is 6.18. The minimum absolute atomic E-state index is 0.0452. The van der Waals surface area contributed by atoms with Gasteiger partial charge in [-0.25, -0.2) is 0 Å². The molecule has 0 bridgehead atoms. The first-order valence-corrected chi connectivity index (χ1v) is 16.1. The summed E-state index contributed by atoms with van der Waals surface area (Å²) < 4.78 is 80.5. The predicted molar refractivity (Wildman–Crippen MR) is 173 cm³/mol. The van der Waals surface area contributed by atoms with Gasteiger partial charge in [0.2, 0.25) is 5.91 Å². The van der Waals surface area contributed by atoms with E-state index in [1.807, 2.05) is 30.1 Å². The molecule has 4 rings (SSSR count). The number of benzene rings is 3. The van der Waals surface area contributed by atoms with Gasteiger partial charge in [0.05, 0.1) is 33.8 Å². The highest BCUT2D eigenvalue weighted by Gasteiger charge is 2.38. The third-order valence-electron chi connectivity index (χ3n) is 8.49. The summed E-state index contributed by atoms with van der Waals surface area (Å²) >= 11 is 12.4. The van der Waals surface area contributed by atoms with Gasteiger partial charge in [-0.2, -0.15) is 26.3 Å². The molecule has 1 heterocycles. The minimum atomic E-state index is -5.12. The lowest BCUT2D eigenvalue weighted by atomic mass is 10.0. The van der Waals surface area contributed by atoms with Gasteiger partial charge in [0, 0.05) is 31.2 Å². The Balaban J connectivity index is 1.49. The third kappa shape index (κ3) is 9.87. The zero-order valence-corrected chi connectivity index (χ0v) is 27.9. The Morgan fingerprint density at radius 2 is 1.50 bits per heavy atom. The molecule has 0 spiro atoms. The van der Waals surface area contributed by atoms with E-state index in [9.17, 15) is 35.9 Å². The predicted octanol–water partition coefficient (Wildman–Crippen LogP) is 7.95. The second kappa shape index (κ2) is 15.9. The molecule has 6 nitrogen and oxygen atoms in total. The number of nitrogens with one attached hydrogen (secondary N) is 1. The van der Waals surface area contributed by atoms with Gasteiger partial charge in [-0.15, -0.1) is 0 Å². The van der Waals surface area contributed by atoms with Crippen LogP contribution in [0.2, 0.25) is 10.0 Å². The van der Waals surface area contributed by atoms with Crippen LogP contribution in [-0.2, 0) is 23.7 Å². The van der Waals surface area contributed by atoms with Gasteiger partial charge in [-0.1, -0.05) is 59.6 Å². The van der Waals surface area contributed by atoms with Crippen molar-refractivity contribution in [2.24, 2.45) is 0 Å². The molecule has 1 atom stereocenters. The largest absolute Gasteiger partial charge is 0.416 e. The normalized spacial score (nSPS) is 15.4. The van der Waals surface area contributed by atoms with E-state index in [1.54, 1.807) is 13.0 Å². The monoisotopic (exact) mass is 716 g/mol. The average molecular weight is 718 g/mol. The van der Waals surface area contributed by atoms with Crippen LogP contribution in [0.3, 0.4) is 0 Å². The number of hydrogen-bond acceptors (Lipinski definition) is 4. The Kier molecular flexibility index (Phi) is 12.4. The van der Waals surface area contributed by atoms with E-state index in [4.69, 9.17) is 23.2 Å². The first-order chi connectivity index (χ1) is 22.6. The van der Waals surface area contributed by atoms with E-state index in [0.29, 0.717) is 17.7 Å². The van der Waals surface area contributed by atoms with Crippen molar-refractivity contribution in [1.29, 1.82) is 0 Å². The van der Waals surface area contributed by atoms with E-state index in [2.05, 4.69) is 22.3 Å². The number of likely N-dealkylation sites (N-methyl/N-ethyl adjacent to an activating group) is 2. The fourth-order valence-electron chi connectivity index (χ4n) is 5.87. The first-order valence-electron chi connectivity index (χ1n) is 15.4. The van der Waals surface area contributed by atoms with Crippen molar-refractivity contribution in [3.63, 3.8) is 0 Å². The number of halogens is 8. The van der Waals surface area contributed by atoms with Crippen molar-refractivity contribution in [2.75, 3.05) is 39.8 Å². The summed E-state index contributed by atoms with van der Waals surface area (Å²) in [6, 6.07) is 14.7. The van der Waals surface area contributed by atoms with Gasteiger partial charge in [-0.3, -0.25) is 19.4 Å². The van der Waals surface area contributed by atoms with Crippen LogP contribution in [0, 0.1) is 0 Å². The molecule has 48 heavy (non-hydrogen) atoms. The summed E-state index contributed by atoms with van der Waals surface area (Å²) in [6.07, 6.45) is -8.53. The molecule has 1 aliphatic rings. The number of piperidine rings is 1. The van der Waals surface area contributed by atoms with Crippen LogP contribution in [0.25, 0.3) is 0 Å². The topological polar surface area (TPSA) is 55.9 Å². The van der Waals surface area contributed by atoms with E-state index < -0.39 is 41.0 Å². The number of nitrogens with zero attached hydrogens (tertiary/aromatic N) is 3. The molecular formula is C34H36Cl2F6N4O2. The van der Waals surface area contributed by atoms with Crippen molar-refractivity contribution < 1.29 is 35.9 Å². The Morgan fingerprint density at radius 1 is 0.896 bits per heavy atom. The fraction of sp³-hybridized carbons (Fsp3) is 0.412. The molecule has 1 N–H and O–H groups in total. The molecule has 1 aliphatic heterocycles. The lowest BCUT2D eigenvalue weighted by Crippen LogP contribution is -2.49. The smallest absolute Gasteiger partial charge is 0.350 e. The molecule has 14 heteroatoms. The number of hydrogen-bond donors (Lipinski definition) is 1. The van der Waals surface area contributed by atoms with Crippen LogP contribution in [0.1, 0.15) is 58.4 Å². The average Bonchev–Trinajstić information content (AvgIpc) is 3.04. The van der Waals surface area contributed by atoms with Gasteiger partial charge >= 0.3 is 12.4 Å². The van der Waals surface area contributed by atoms with Crippen LogP contribution in [0.5, 0.6) is 0 Å². The molecule has 0 saturated carbocycles. The Hall–Kier alpha value is -3.32. The summed E-state index contributed by atoms with van der Waals surface area (Å²) in [5.74, 6) is -1.45. The zero-order valence-electron chi connectivity index (χ0n) is 26.3. The minimum Gasteiger partial charge on any atom is -0.350 e. The van der Waals surface area contributed by atoms with E-state index in [0.717, 1.165) is 32.5 Å². The summed E-state index contributed by atoms with van der Waals surface area (Å²) in [7, 11) is 1.87. The third-order valence-corrected chi connectivity index (χ3v) is 9.22. The summed E-state index contributed by atoms with van der Waals surface area (Å²) in [6.45, 7) is 4.20. The van der Waals surface area contributed by atoms with E-state index in [1.165, 1.54) is 22.6 Å². The van der Waals surface area contributed by atoms with E-state index >= 15 is 0 Å². The van der Waals surface area contributed by atoms with E-state index in [-0.39, 0.29) is 47.7 Å². The highest BCUT2D eigenvalue weighted by atomic mass is 35.5. The van der Waals surface area contributed by atoms with Crippen LogP contribution in [0.15, 0.2) is 66.7 Å².